The number of halogens is 1. The molecule has 0 aliphatic heterocycles. The Morgan fingerprint density at radius 3 is 2.95 bits per heavy atom. The number of hydrogen-bond donors (Lipinski definition) is 2. The molecule has 0 fully saturated rings. The molecule has 2 atom stereocenters. The van der Waals surface area contributed by atoms with Crippen molar-refractivity contribution in [2.45, 2.75) is 31.7 Å². The first-order chi connectivity index (χ1) is 10.5. The highest BCUT2D eigenvalue weighted by atomic mass is 35.5. The van der Waals surface area contributed by atoms with Crippen LogP contribution in [0, 0.1) is 0 Å². The summed E-state index contributed by atoms with van der Waals surface area (Å²) in [5.41, 5.74) is 2.55. The highest BCUT2D eigenvalue weighted by molar-refractivity contribution is 7.12. The lowest BCUT2D eigenvalue weighted by Gasteiger charge is -2.18. The minimum atomic E-state index is -0.618. The first-order valence-electron chi connectivity index (χ1n) is 7.48. The fraction of sp³-hybridized carbons (Fsp3) is 0.412. The van der Waals surface area contributed by atoms with Crippen molar-refractivity contribution in [1.29, 1.82) is 0 Å². The zero-order valence-electron chi connectivity index (χ0n) is 12.8. The third-order valence-corrected chi connectivity index (χ3v) is 5.32. The Hall–Kier alpha value is -0.910. The van der Waals surface area contributed by atoms with E-state index in [4.69, 9.17) is 11.6 Å². The number of rotatable bonds is 5. The Balaban J connectivity index is 1.68. The third kappa shape index (κ3) is 3.53. The Labute approximate surface area is 140 Å². The van der Waals surface area contributed by atoms with Crippen molar-refractivity contribution in [2.75, 3.05) is 14.1 Å². The number of aliphatic hydroxyl groups is 1. The SMILES string of the molecule is CN(C)Cc1ccc(C(O)N[C@@H]2CCc3cc(Cl)ccc32)s1. The zero-order valence-corrected chi connectivity index (χ0v) is 14.4. The van der Waals surface area contributed by atoms with Crippen molar-refractivity contribution in [3.8, 4) is 0 Å². The van der Waals surface area contributed by atoms with Crippen LogP contribution in [0.25, 0.3) is 0 Å². The fourth-order valence-electron chi connectivity index (χ4n) is 2.97. The second-order valence-electron chi connectivity index (χ2n) is 6.05. The molecule has 0 radical (unpaired) electrons. The summed E-state index contributed by atoms with van der Waals surface area (Å²) >= 11 is 7.71. The molecule has 0 amide bonds. The van der Waals surface area contributed by atoms with E-state index in [0.29, 0.717) is 0 Å². The second kappa shape index (κ2) is 6.69. The van der Waals surface area contributed by atoms with Gasteiger partial charge >= 0.3 is 0 Å². The first kappa shape index (κ1) is 16.0. The summed E-state index contributed by atoms with van der Waals surface area (Å²) in [7, 11) is 4.10. The van der Waals surface area contributed by atoms with Crippen LogP contribution < -0.4 is 5.32 Å². The van der Waals surface area contributed by atoms with Gasteiger partial charge in [0.25, 0.3) is 0 Å². The van der Waals surface area contributed by atoms with Crippen molar-refractivity contribution in [1.82, 2.24) is 10.2 Å². The normalized spacial score (nSPS) is 18.7. The van der Waals surface area contributed by atoms with Crippen LogP contribution in [0.1, 0.15) is 39.6 Å². The first-order valence-corrected chi connectivity index (χ1v) is 8.68. The van der Waals surface area contributed by atoms with E-state index in [9.17, 15) is 5.11 Å². The molecule has 1 aliphatic rings. The van der Waals surface area contributed by atoms with Crippen molar-refractivity contribution in [3.05, 3.63) is 56.2 Å². The molecule has 1 heterocycles. The molecule has 0 bridgehead atoms. The second-order valence-corrected chi connectivity index (χ2v) is 7.68. The molecule has 0 saturated carbocycles. The van der Waals surface area contributed by atoms with Gasteiger partial charge in [-0.25, -0.2) is 0 Å². The molecule has 118 valence electrons. The van der Waals surface area contributed by atoms with Crippen molar-refractivity contribution < 1.29 is 5.11 Å². The van der Waals surface area contributed by atoms with Crippen molar-refractivity contribution in [2.24, 2.45) is 0 Å². The summed E-state index contributed by atoms with van der Waals surface area (Å²) in [5.74, 6) is 0. The molecule has 0 saturated heterocycles. The zero-order chi connectivity index (χ0) is 15.7. The molecule has 1 aromatic carbocycles. The molecule has 1 unspecified atom stereocenters. The molecule has 2 N–H and O–H groups in total. The molecular formula is C17H21ClN2OS. The molecule has 3 rings (SSSR count). The maximum absolute atomic E-state index is 10.5. The van der Waals surface area contributed by atoms with Crippen LogP contribution >= 0.6 is 22.9 Å². The summed E-state index contributed by atoms with van der Waals surface area (Å²) in [6.45, 7) is 0.905. The quantitative estimate of drug-likeness (QED) is 0.817. The maximum atomic E-state index is 10.5. The monoisotopic (exact) mass is 336 g/mol. The lowest BCUT2D eigenvalue weighted by atomic mass is 10.1. The van der Waals surface area contributed by atoms with E-state index in [1.54, 1.807) is 11.3 Å². The standard InChI is InChI=1S/C17H21ClN2OS/c1-20(2)10-13-5-8-16(22-13)17(21)19-15-7-3-11-9-12(18)4-6-14(11)15/h4-6,8-9,15,17,19,21H,3,7,10H2,1-2H3/t15-,17?/m1/s1. The van der Waals surface area contributed by atoms with Gasteiger partial charge in [-0.3, -0.25) is 5.32 Å². The highest BCUT2D eigenvalue weighted by Crippen LogP contribution is 2.35. The minimum Gasteiger partial charge on any atom is -0.373 e. The van der Waals surface area contributed by atoms with Crippen LogP contribution in [0.4, 0.5) is 0 Å². The number of benzene rings is 1. The van der Waals surface area contributed by atoms with Gasteiger partial charge in [0.05, 0.1) is 0 Å². The van der Waals surface area contributed by atoms with Gasteiger partial charge in [0, 0.05) is 27.4 Å². The van der Waals surface area contributed by atoms with Crippen LogP contribution in [0.2, 0.25) is 5.02 Å². The van der Waals surface area contributed by atoms with E-state index in [0.717, 1.165) is 29.3 Å². The number of aryl methyl sites for hydroxylation is 1. The number of fused-ring (bicyclic) bond motifs is 1. The summed E-state index contributed by atoms with van der Waals surface area (Å²) in [6, 6.07) is 10.3. The van der Waals surface area contributed by atoms with Crippen LogP contribution in [-0.4, -0.2) is 24.1 Å². The van der Waals surface area contributed by atoms with Crippen LogP contribution in [0.5, 0.6) is 0 Å². The molecule has 5 heteroatoms. The van der Waals surface area contributed by atoms with Gasteiger partial charge in [0.1, 0.15) is 6.23 Å². The van der Waals surface area contributed by atoms with Gasteiger partial charge in [-0.15, -0.1) is 11.3 Å². The van der Waals surface area contributed by atoms with Crippen molar-refractivity contribution >= 4 is 22.9 Å². The maximum Gasteiger partial charge on any atom is 0.140 e. The number of nitrogens with zero attached hydrogens (tertiary/aromatic N) is 1. The predicted octanol–water partition coefficient (Wildman–Crippen LogP) is 3.73. The molecule has 3 nitrogen and oxygen atoms in total. The van der Waals surface area contributed by atoms with E-state index < -0.39 is 6.23 Å². The number of nitrogens with one attached hydrogen (secondary N) is 1. The number of hydrogen-bond acceptors (Lipinski definition) is 4. The molecule has 22 heavy (non-hydrogen) atoms. The van der Waals surface area contributed by atoms with E-state index in [2.05, 4.69) is 36.4 Å². The summed E-state index contributed by atoms with van der Waals surface area (Å²) < 4.78 is 0. The average molecular weight is 337 g/mol. The lowest BCUT2D eigenvalue weighted by molar-refractivity contribution is 0.126. The molecule has 0 spiro atoms. The van der Waals surface area contributed by atoms with E-state index in [-0.39, 0.29) is 6.04 Å². The van der Waals surface area contributed by atoms with E-state index >= 15 is 0 Å². The molecule has 1 aliphatic carbocycles. The van der Waals surface area contributed by atoms with Gasteiger partial charge in [-0.1, -0.05) is 17.7 Å². The largest absolute Gasteiger partial charge is 0.373 e. The summed E-state index contributed by atoms with van der Waals surface area (Å²) in [5, 5.41) is 14.6. The fourth-order valence-corrected chi connectivity index (χ4v) is 4.24. The molecular weight excluding hydrogens is 316 g/mol. The molecule has 2 aromatic rings. The Morgan fingerprint density at radius 2 is 2.18 bits per heavy atom. The van der Waals surface area contributed by atoms with E-state index in [1.807, 2.05) is 18.2 Å². The lowest BCUT2D eigenvalue weighted by Crippen LogP contribution is -2.24. The van der Waals surface area contributed by atoms with Crippen molar-refractivity contribution in [3.63, 3.8) is 0 Å². The summed E-state index contributed by atoms with van der Waals surface area (Å²) in [6.07, 6.45) is 1.40. The minimum absolute atomic E-state index is 0.196. The van der Waals surface area contributed by atoms with Gasteiger partial charge in [0.15, 0.2) is 0 Å². The van der Waals surface area contributed by atoms with Gasteiger partial charge in [0.2, 0.25) is 0 Å². The Morgan fingerprint density at radius 1 is 1.36 bits per heavy atom. The van der Waals surface area contributed by atoms with Gasteiger partial charge in [-0.05, 0) is 62.3 Å². The van der Waals surface area contributed by atoms with E-state index in [1.165, 1.54) is 16.0 Å². The predicted molar refractivity (Wildman–Crippen MR) is 92.3 cm³/mol. The van der Waals surface area contributed by atoms with Crippen LogP contribution in [0.15, 0.2) is 30.3 Å². The third-order valence-electron chi connectivity index (χ3n) is 3.97. The number of aliphatic hydroxyl groups excluding tert-OH is 1. The molecule has 1 aromatic heterocycles. The average Bonchev–Trinajstić information content (AvgIpc) is 3.05. The van der Waals surface area contributed by atoms with Crippen LogP contribution in [0.3, 0.4) is 0 Å². The smallest absolute Gasteiger partial charge is 0.140 e. The van der Waals surface area contributed by atoms with Crippen LogP contribution in [-0.2, 0) is 13.0 Å². The Kier molecular flexibility index (Phi) is 4.85. The number of thiophene rings is 1. The topological polar surface area (TPSA) is 35.5 Å². The highest BCUT2D eigenvalue weighted by Gasteiger charge is 2.25. The van der Waals surface area contributed by atoms with Gasteiger partial charge in [-0.2, -0.15) is 0 Å². The van der Waals surface area contributed by atoms with Gasteiger partial charge < -0.3 is 10.0 Å². The Bertz CT molecular complexity index is 656. The summed E-state index contributed by atoms with van der Waals surface area (Å²) in [4.78, 5) is 4.37.